The van der Waals surface area contributed by atoms with Gasteiger partial charge in [-0.3, -0.25) is 9.69 Å². The Hall–Kier alpha value is -0.610. The summed E-state index contributed by atoms with van der Waals surface area (Å²) in [6, 6.07) is 0.0634. The quantitative estimate of drug-likeness (QED) is 0.728. The molecule has 0 aromatic heterocycles. The van der Waals surface area contributed by atoms with Gasteiger partial charge in [0.2, 0.25) is 5.91 Å². The first-order valence-electron chi connectivity index (χ1n) is 6.78. The van der Waals surface area contributed by atoms with Gasteiger partial charge >= 0.3 is 0 Å². The number of hydrogen-bond donors (Lipinski definition) is 2. The molecule has 1 amide bonds. The van der Waals surface area contributed by atoms with E-state index in [1.165, 1.54) is 12.8 Å². The fourth-order valence-corrected chi connectivity index (χ4v) is 2.31. The third-order valence-corrected chi connectivity index (χ3v) is 3.40. The molecule has 1 saturated heterocycles. The SMILES string of the molecule is CC(C)C[C@@H](N)C(=O)NCC(C)N1CCCC1. The maximum absolute atomic E-state index is 11.7. The predicted molar refractivity (Wildman–Crippen MR) is 70.7 cm³/mol. The van der Waals surface area contributed by atoms with Gasteiger partial charge in [0.25, 0.3) is 0 Å². The molecule has 1 unspecified atom stereocenters. The first-order valence-corrected chi connectivity index (χ1v) is 6.78. The van der Waals surface area contributed by atoms with E-state index >= 15 is 0 Å². The van der Waals surface area contributed by atoms with Crippen LogP contribution in [0.4, 0.5) is 0 Å². The molecule has 1 fully saturated rings. The molecule has 0 saturated carbocycles. The molecule has 0 spiro atoms. The number of hydrogen-bond acceptors (Lipinski definition) is 3. The van der Waals surface area contributed by atoms with Gasteiger partial charge in [0.05, 0.1) is 6.04 Å². The zero-order valence-corrected chi connectivity index (χ0v) is 11.4. The van der Waals surface area contributed by atoms with Crippen molar-refractivity contribution in [3.8, 4) is 0 Å². The fraction of sp³-hybridized carbons (Fsp3) is 0.923. The molecule has 0 aliphatic carbocycles. The van der Waals surface area contributed by atoms with Gasteiger partial charge < -0.3 is 11.1 Å². The third-order valence-electron chi connectivity index (χ3n) is 3.40. The van der Waals surface area contributed by atoms with E-state index in [9.17, 15) is 4.79 Å². The van der Waals surface area contributed by atoms with Crippen molar-refractivity contribution < 1.29 is 4.79 Å². The largest absolute Gasteiger partial charge is 0.353 e. The van der Waals surface area contributed by atoms with Crippen LogP contribution in [0.2, 0.25) is 0 Å². The maximum Gasteiger partial charge on any atom is 0.236 e. The average Bonchev–Trinajstić information content (AvgIpc) is 2.77. The Kier molecular flexibility index (Phi) is 5.92. The monoisotopic (exact) mass is 241 g/mol. The molecular formula is C13H27N3O. The number of likely N-dealkylation sites (tertiary alicyclic amines) is 1. The second-order valence-corrected chi connectivity index (χ2v) is 5.57. The molecule has 4 nitrogen and oxygen atoms in total. The van der Waals surface area contributed by atoms with Crippen molar-refractivity contribution in [1.82, 2.24) is 10.2 Å². The number of carbonyl (C=O) groups excluding carboxylic acids is 1. The number of carbonyl (C=O) groups is 1. The molecule has 100 valence electrons. The highest BCUT2D eigenvalue weighted by Crippen LogP contribution is 2.10. The minimum Gasteiger partial charge on any atom is -0.353 e. The van der Waals surface area contributed by atoms with Crippen LogP contribution in [-0.2, 0) is 4.79 Å². The molecule has 17 heavy (non-hydrogen) atoms. The van der Waals surface area contributed by atoms with Crippen molar-refractivity contribution in [2.45, 2.75) is 52.1 Å². The lowest BCUT2D eigenvalue weighted by molar-refractivity contribution is -0.122. The molecular weight excluding hydrogens is 214 g/mol. The third kappa shape index (κ3) is 5.04. The van der Waals surface area contributed by atoms with Gasteiger partial charge in [-0.05, 0) is 45.2 Å². The van der Waals surface area contributed by atoms with E-state index in [4.69, 9.17) is 5.73 Å². The van der Waals surface area contributed by atoms with Gasteiger partial charge in [-0.1, -0.05) is 13.8 Å². The second kappa shape index (κ2) is 6.97. The summed E-state index contributed by atoms with van der Waals surface area (Å²) in [5.74, 6) is 0.455. The van der Waals surface area contributed by atoms with Crippen LogP contribution >= 0.6 is 0 Å². The summed E-state index contributed by atoms with van der Waals surface area (Å²) in [4.78, 5) is 14.2. The van der Waals surface area contributed by atoms with Crippen LogP contribution in [0.5, 0.6) is 0 Å². The molecule has 1 aliphatic heterocycles. The van der Waals surface area contributed by atoms with Crippen LogP contribution in [0.25, 0.3) is 0 Å². The number of nitrogens with one attached hydrogen (secondary N) is 1. The molecule has 0 radical (unpaired) electrons. The van der Waals surface area contributed by atoms with Crippen molar-refractivity contribution >= 4 is 5.91 Å². The van der Waals surface area contributed by atoms with Gasteiger partial charge in [0, 0.05) is 12.6 Å². The Morgan fingerprint density at radius 2 is 1.88 bits per heavy atom. The van der Waals surface area contributed by atoms with E-state index in [2.05, 4.69) is 31.0 Å². The zero-order chi connectivity index (χ0) is 12.8. The molecule has 2 atom stereocenters. The van der Waals surface area contributed by atoms with Gasteiger partial charge in [0.15, 0.2) is 0 Å². The van der Waals surface area contributed by atoms with Gasteiger partial charge in [0.1, 0.15) is 0 Å². The normalized spacial score (nSPS) is 20.5. The van der Waals surface area contributed by atoms with E-state index in [0.717, 1.165) is 19.5 Å². The molecule has 0 bridgehead atoms. The number of nitrogens with two attached hydrogens (primary N) is 1. The van der Waals surface area contributed by atoms with Crippen LogP contribution < -0.4 is 11.1 Å². The van der Waals surface area contributed by atoms with Crippen LogP contribution in [0.1, 0.15) is 40.0 Å². The van der Waals surface area contributed by atoms with Crippen molar-refractivity contribution in [3.63, 3.8) is 0 Å². The minimum atomic E-state index is -0.360. The first kappa shape index (κ1) is 14.5. The van der Waals surface area contributed by atoms with Crippen LogP contribution in [0.15, 0.2) is 0 Å². The van der Waals surface area contributed by atoms with Crippen molar-refractivity contribution in [2.24, 2.45) is 11.7 Å². The molecule has 0 aromatic rings. The summed E-state index contributed by atoms with van der Waals surface area (Å²) < 4.78 is 0. The predicted octanol–water partition coefficient (Wildman–Crippen LogP) is 0.960. The summed E-state index contributed by atoms with van der Waals surface area (Å²) in [5.41, 5.74) is 5.83. The van der Waals surface area contributed by atoms with E-state index in [-0.39, 0.29) is 11.9 Å². The number of amides is 1. The summed E-state index contributed by atoms with van der Waals surface area (Å²) in [6.45, 7) is 9.37. The van der Waals surface area contributed by atoms with Gasteiger partial charge in [-0.25, -0.2) is 0 Å². The highest BCUT2D eigenvalue weighted by atomic mass is 16.2. The number of nitrogens with zero attached hydrogens (tertiary/aromatic N) is 1. The van der Waals surface area contributed by atoms with Crippen molar-refractivity contribution in [1.29, 1.82) is 0 Å². The van der Waals surface area contributed by atoms with E-state index < -0.39 is 0 Å². The summed E-state index contributed by atoms with van der Waals surface area (Å²) in [5, 5.41) is 2.96. The fourth-order valence-electron chi connectivity index (χ4n) is 2.31. The molecule has 3 N–H and O–H groups in total. The van der Waals surface area contributed by atoms with Crippen LogP contribution in [0.3, 0.4) is 0 Å². The minimum absolute atomic E-state index is 0.00949. The van der Waals surface area contributed by atoms with E-state index in [0.29, 0.717) is 18.5 Å². The summed E-state index contributed by atoms with van der Waals surface area (Å²) >= 11 is 0. The lowest BCUT2D eigenvalue weighted by Crippen LogP contribution is -2.46. The summed E-state index contributed by atoms with van der Waals surface area (Å²) in [6.07, 6.45) is 3.32. The standard InChI is InChI=1S/C13H27N3O/c1-10(2)8-12(14)13(17)15-9-11(3)16-6-4-5-7-16/h10-12H,4-9,14H2,1-3H3,(H,15,17)/t11?,12-/m1/s1. The lowest BCUT2D eigenvalue weighted by atomic mass is 10.0. The lowest BCUT2D eigenvalue weighted by Gasteiger charge is -2.24. The van der Waals surface area contributed by atoms with Crippen molar-refractivity contribution in [3.05, 3.63) is 0 Å². The highest BCUT2D eigenvalue weighted by Gasteiger charge is 2.20. The van der Waals surface area contributed by atoms with Crippen LogP contribution in [0, 0.1) is 5.92 Å². The Labute approximate surface area is 105 Å². The topological polar surface area (TPSA) is 58.4 Å². The number of rotatable bonds is 6. The van der Waals surface area contributed by atoms with E-state index in [1.807, 2.05) is 0 Å². The second-order valence-electron chi connectivity index (χ2n) is 5.57. The molecule has 1 heterocycles. The Balaban J connectivity index is 2.22. The molecule has 0 aromatic carbocycles. The Morgan fingerprint density at radius 1 is 1.29 bits per heavy atom. The molecule has 1 rings (SSSR count). The smallest absolute Gasteiger partial charge is 0.236 e. The van der Waals surface area contributed by atoms with Gasteiger partial charge in [-0.2, -0.15) is 0 Å². The Bertz CT molecular complexity index is 237. The zero-order valence-electron chi connectivity index (χ0n) is 11.4. The Morgan fingerprint density at radius 3 is 2.41 bits per heavy atom. The highest BCUT2D eigenvalue weighted by molar-refractivity contribution is 5.81. The first-order chi connectivity index (χ1) is 8.00. The average molecular weight is 241 g/mol. The van der Waals surface area contributed by atoms with Crippen molar-refractivity contribution in [2.75, 3.05) is 19.6 Å². The van der Waals surface area contributed by atoms with E-state index in [1.54, 1.807) is 0 Å². The summed E-state index contributed by atoms with van der Waals surface area (Å²) in [7, 11) is 0. The molecule has 1 aliphatic rings. The molecule has 4 heteroatoms. The van der Waals surface area contributed by atoms with Gasteiger partial charge in [-0.15, -0.1) is 0 Å². The van der Waals surface area contributed by atoms with Crippen LogP contribution in [-0.4, -0.2) is 42.5 Å². The maximum atomic E-state index is 11.7.